The van der Waals surface area contributed by atoms with Crippen LogP contribution in [0.25, 0.3) is 0 Å². The molecule has 0 unspecified atom stereocenters. The van der Waals surface area contributed by atoms with Gasteiger partial charge in [-0.25, -0.2) is 9.78 Å². The Hall–Kier alpha value is -1.11. The van der Waals surface area contributed by atoms with Crippen molar-refractivity contribution in [2.75, 3.05) is 5.75 Å². The van der Waals surface area contributed by atoms with Crippen molar-refractivity contribution < 1.29 is 18.7 Å². The molecule has 0 saturated carbocycles. The van der Waals surface area contributed by atoms with Crippen molar-refractivity contribution in [1.29, 1.82) is 0 Å². The molecule has 0 amide bonds. The summed E-state index contributed by atoms with van der Waals surface area (Å²) in [5, 5.41) is 8.35. The highest BCUT2D eigenvalue weighted by Crippen LogP contribution is 2.23. The first-order valence-corrected chi connectivity index (χ1v) is 4.24. The standard InChI is InChI=1S/C6H6F2N2O2S/c7-6(8,4(11)12)3-13-5-9-1-2-10-5/h1-2H,3H2,(H,9,10)(H,11,12). The molecule has 72 valence electrons. The molecule has 1 aromatic heterocycles. The molecular weight excluding hydrogens is 202 g/mol. The second kappa shape index (κ2) is 3.73. The fraction of sp³-hybridized carbons (Fsp3) is 0.333. The van der Waals surface area contributed by atoms with E-state index in [4.69, 9.17) is 5.11 Å². The van der Waals surface area contributed by atoms with Gasteiger partial charge in [-0.05, 0) is 0 Å². The lowest BCUT2D eigenvalue weighted by Crippen LogP contribution is -2.30. The van der Waals surface area contributed by atoms with E-state index < -0.39 is 17.6 Å². The second-order valence-electron chi connectivity index (χ2n) is 2.19. The number of imidazole rings is 1. The summed E-state index contributed by atoms with van der Waals surface area (Å²) in [6.07, 6.45) is 2.88. The molecule has 2 N–H and O–H groups in total. The summed E-state index contributed by atoms with van der Waals surface area (Å²) in [7, 11) is 0. The van der Waals surface area contributed by atoms with Crippen molar-refractivity contribution in [3.8, 4) is 0 Å². The average molecular weight is 208 g/mol. The van der Waals surface area contributed by atoms with Gasteiger partial charge >= 0.3 is 11.9 Å². The Morgan fingerprint density at radius 2 is 2.46 bits per heavy atom. The van der Waals surface area contributed by atoms with Gasteiger partial charge in [-0.2, -0.15) is 8.78 Å². The van der Waals surface area contributed by atoms with E-state index in [0.717, 1.165) is 0 Å². The van der Waals surface area contributed by atoms with E-state index in [0.29, 0.717) is 11.8 Å². The van der Waals surface area contributed by atoms with Crippen LogP contribution < -0.4 is 0 Å². The fourth-order valence-electron chi connectivity index (χ4n) is 0.550. The Balaban J connectivity index is 2.47. The average Bonchev–Trinajstić information content (AvgIpc) is 2.52. The lowest BCUT2D eigenvalue weighted by molar-refractivity contribution is -0.161. The summed E-state index contributed by atoms with van der Waals surface area (Å²) in [5.74, 6) is -6.65. The minimum atomic E-state index is -3.71. The number of carboxylic acid groups (broad SMARTS) is 1. The predicted molar refractivity (Wildman–Crippen MR) is 41.9 cm³/mol. The topological polar surface area (TPSA) is 66.0 Å². The van der Waals surface area contributed by atoms with Crippen LogP contribution in [0.15, 0.2) is 17.6 Å². The van der Waals surface area contributed by atoms with Gasteiger partial charge in [0.25, 0.3) is 0 Å². The largest absolute Gasteiger partial charge is 0.477 e. The van der Waals surface area contributed by atoms with E-state index in [-0.39, 0.29) is 5.16 Å². The van der Waals surface area contributed by atoms with Crippen molar-refractivity contribution in [3.63, 3.8) is 0 Å². The number of carbonyl (C=O) groups is 1. The Kier molecular flexibility index (Phi) is 2.86. The van der Waals surface area contributed by atoms with Crippen LogP contribution in [0, 0.1) is 0 Å². The Bertz CT molecular complexity index is 289. The van der Waals surface area contributed by atoms with Gasteiger partial charge < -0.3 is 10.1 Å². The zero-order valence-electron chi connectivity index (χ0n) is 6.33. The first kappa shape index (κ1) is 9.97. The molecule has 0 radical (unpaired) electrons. The van der Waals surface area contributed by atoms with Crippen LogP contribution >= 0.6 is 11.8 Å². The van der Waals surface area contributed by atoms with Crippen LogP contribution in [0.2, 0.25) is 0 Å². The monoisotopic (exact) mass is 208 g/mol. The minimum absolute atomic E-state index is 0.279. The zero-order chi connectivity index (χ0) is 9.90. The molecule has 13 heavy (non-hydrogen) atoms. The molecule has 0 spiro atoms. The number of halogens is 2. The molecule has 1 heterocycles. The summed E-state index contributed by atoms with van der Waals surface area (Å²) in [6, 6.07) is 0. The van der Waals surface area contributed by atoms with E-state index >= 15 is 0 Å². The minimum Gasteiger partial charge on any atom is -0.477 e. The van der Waals surface area contributed by atoms with E-state index in [2.05, 4.69) is 9.97 Å². The Morgan fingerprint density at radius 3 is 2.92 bits per heavy atom. The zero-order valence-corrected chi connectivity index (χ0v) is 7.15. The number of thioether (sulfide) groups is 1. The normalized spacial score (nSPS) is 11.5. The summed E-state index contributed by atoms with van der Waals surface area (Å²) < 4.78 is 25.0. The molecule has 0 fully saturated rings. The van der Waals surface area contributed by atoms with Crippen molar-refractivity contribution in [2.45, 2.75) is 11.1 Å². The van der Waals surface area contributed by atoms with Crippen molar-refractivity contribution in [2.24, 2.45) is 0 Å². The number of rotatable bonds is 4. The highest BCUT2D eigenvalue weighted by Gasteiger charge is 2.38. The molecular formula is C6H6F2N2O2S. The Morgan fingerprint density at radius 1 is 1.77 bits per heavy atom. The molecule has 7 heteroatoms. The maximum Gasteiger partial charge on any atom is 0.375 e. The highest BCUT2D eigenvalue weighted by molar-refractivity contribution is 7.99. The summed E-state index contributed by atoms with van der Waals surface area (Å²) in [5.41, 5.74) is 0. The number of alkyl halides is 2. The van der Waals surface area contributed by atoms with Gasteiger partial charge in [-0.1, -0.05) is 11.8 Å². The highest BCUT2D eigenvalue weighted by atomic mass is 32.2. The quantitative estimate of drug-likeness (QED) is 0.730. The third-order valence-corrected chi connectivity index (χ3v) is 2.18. The molecule has 0 saturated heterocycles. The summed E-state index contributed by atoms with van der Waals surface area (Å²) >= 11 is 0.665. The molecule has 0 bridgehead atoms. The molecule has 1 rings (SSSR count). The van der Waals surface area contributed by atoms with Crippen molar-refractivity contribution >= 4 is 17.7 Å². The molecule has 0 aliphatic heterocycles. The van der Waals surface area contributed by atoms with Gasteiger partial charge in [0.15, 0.2) is 5.16 Å². The molecule has 0 aliphatic carbocycles. The van der Waals surface area contributed by atoms with Crippen molar-refractivity contribution in [3.05, 3.63) is 12.4 Å². The third kappa shape index (κ3) is 2.69. The van der Waals surface area contributed by atoms with Crippen LogP contribution in [-0.4, -0.2) is 32.7 Å². The van der Waals surface area contributed by atoms with Gasteiger partial charge in [0.1, 0.15) is 0 Å². The van der Waals surface area contributed by atoms with Gasteiger partial charge in [-0.15, -0.1) is 0 Å². The maximum atomic E-state index is 12.5. The van der Waals surface area contributed by atoms with E-state index in [1.54, 1.807) is 0 Å². The number of hydrogen-bond donors (Lipinski definition) is 2. The third-order valence-electron chi connectivity index (χ3n) is 1.18. The van der Waals surface area contributed by atoms with Crippen LogP contribution in [-0.2, 0) is 4.79 Å². The fourth-order valence-corrected chi connectivity index (χ4v) is 1.28. The smallest absolute Gasteiger partial charge is 0.375 e. The lowest BCUT2D eigenvalue weighted by atomic mass is 10.4. The molecule has 0 aliphatic rings. The number of aliphatic carboxylic acids is 1. The lowest BCUT2D eigenvalue weighted by Gasteiger charge is -2.08. The number of aromatic amines is 1. The predicted octanol–water partition coefficient (Wildman–Crippen LogP) is 1.22. The van der Waals surface area contributed by atoms with E-state index in [1.807, 2.05) is 0 Å². The molecule has 0 atom stereocenters. The van der Waals surface area contributed by atoms with Crippen LogP contribution in [0.4, 0.5) is 8.78 Å². The van der Waals surface area contributed by atoms with Crippen LogP contribution in [0.1, 0.15) is 0 Å². The van der Waals surface area contributed by atoms with Crippen LogP contribution in [0.3, 0.4) is 0 Å². The van der Waals surface area contributed by atoms with Gasteiger partial charge in [-0.3, -0.25) is 0 Å². The molecule has 0 aromatic carbocycles. The SMILES string of the molecule is O=C(O)C(F)(F)CSc1ncc[nH]1. The van der Waals surface area contributed by atoms with Gasteiger partial charge in [0.2, 0.25) is 0 Å². The van der Waals surface area contributed by atoms with Crippen LogP contribution in [0.5, 0.6) is 0 Å². The number of nitrogens with one attached hydrogen (secondary N) is 1. The first-order valence-electron chi connectivity index (χ1n) is 3.26. The Labute approximate surface area is 76.4 Å². The molecule has 1 aromatic rings. The summed E-state index contributed by atoms with van der Waals surface area (Å²) in [4.78, 5) is 16.2. The second-order valence-corrected chi connectivity index (χ2v) is 3.16. The number of nitrogens with zero attached hydrogens (tertiary/aromatic N) is 1. The van der Waals surface area contributed by atoms with E-state index in [1.165, 1.54) is 12.4 Å². The maximum absolute atomic E-state index is 12.5. The number of hydrogen-bond acceptors (Lipinski definition) is 3. The number of aromatic nitrogens is 2. The van der Waals surface area contributed by atoms with Gasteiger partial charge in [0.05, 0.1) is 5.75 Å². The number of carboxylic acids is 1. The molecule has 4 nitrogen and oxygen atoms in total. The number of H-pyrrole nitrogens is 1. The first-order chi connectivity index (χ1) is 6.02. The summed E-state index contributed by atoms with van der Waals surface area (Å²) in [6.45, 7) is 0. The van der Waals surface area contributed by atoms with E-state index in [9.17, 15) is 13.6 Å². The van der Waals surface area contributed by atoms with Gasteiger partial charge in [0, 0.05) is 12.4 Å². The van der Waals surface area contributed by atoms with Crippen molar-refractivity contribution in [1.82, 2.24) is 9.97 Å².